The molecule has 2 aliphatic rings. The molecule has 0 aromatic rings. The quantitative estimate of drug-likeness (QED) is 0.749. The number of carbonyl (C=O) groups excluding carboxylic acids is 1. The lowest BCUT2D eigenvalue weighted by molar-refractivity contribution is -0.164. The first-order chi connectivity index (χ1) is 8.25. The Balaban J connectivity index is 2.41. The smallest absolute Gasteiger partial charge is 0.158 e. The van der Waals surface area contributed by atoms with Gasteiger partial charge in [0.05, 0.1) is 11.7 Å². The fraction of sp³-hybridized carbons (Fsp3) is 0.800. The molecule has 2 aliphatic carbocycles. The van der Waals surface area contributed by atoms with Gasteiger partial charge in [-0.1, -0.05) is 19.9 Å². The Morgan fingerprint density at radius 2 is 2.06 bits per heavy atom. The van der Waals surface area contributed by atoms with E-state index in [1.165, 1.54) is 0 Å². The van der Waals surface area contributed by atoms with E-state index in [2.05, 4.69) is 13.8 Å². The van der Waals surface area contributed by atoms with E-state index in [0.717, 1.165) is 5.57 Å². The minimum absolute atomic E-state index is 0.105. The average Bonchev–Trinajstić information content (AvgIpc) is 2.26. The minimum atomic E-state index is -1.15. The maximum atomic E-state index is 11.9. The highest BCUT2D eigenvalue weighted by Crippen LogP contribution is 2.49. The number of carbonyl (C=O) groups is 1. The van der Waals surface area contributed by atoms with Crippen molar-refractivity contribution < 1.29 is 15.0 Å². The number of fused-ring (bicyclic) bond motifs is 1. The first-order valence-electron chi connectivity index (χ1n) is 6.87. The molecule has 18 heavy (non-hydrogen) atoms. The third-order valence-corrected chi connectivity index (χ3v) is 5.02. The molecule has 0 aromatic heterocycles. The third-order valence-electron chi connectivity index (χ3n) is 5.02. The molecule has 3 nitrogen and oxygen atoms in total. The van der Waals surface area contributed by atoms with Crippen LogP contribution in [0.5, 0.6) is 0 Å². The molecule has 2 rings (SSSR count). The van der Waals surface area contributed by atoms with Gasteiger partial charge in [0.15, 0.2) is 5.78 Å². The van der Waals surface area contributed by atoms with Crippen molar-refractivity contribution in [1.29, 1.82) is 0 Å². The van der Waals surface area contributed by atoms with E-state index in [4.69, 9.17) is 0 Å². The first kappa shape index (κ1) is 13.8. The summed E-state index contributed by atoms with van der Waals surface area (Å²) in [4.78, 5) is 11.9. The normalized spacial score (nSPS) is 44.8. The average molecular weight is 252 g/mol. The van der Waals surface area contributed by atoms with Gasteiger partial charge in [0.2, 0.25) is 0 Å². The van der Waals surface area contributed by atoms with Gasteiger partial charge in [-0.3, -0.25) is 4.79 Å². The number of rotatable bonds is 1. The molecule has 0 bridgehead atoms. The van der Waals surface area contributed by atoms with Crippen molar-refractivity contribution >= 4 is 5.78 Å². The molecule has 2 N–H and O–H groups in total. The summed E-state index contributed by atoms with van der Waals surface area (Å²) >= 11 is 0. The molecule has 0 spiro atoms. The molecule has 1 fully saturated rings. The fourth-order valence-electron chi connectivity index (χ4n) is 3.63. The molecule has 0 saturated heterocycles. The highest BCUT2D eigenvalue weighted by Gasteiger charge is 2.52. The molecule has 0 aliphatic heterocycles. The van der Waals surface area contributed by atoms with Crippen molar-refractivity contribution in [3.63, 3.8) is 0 Å². The predicted octanol–water partition coefficient (Wildman–Crippen LogP) is 1.93. The number of aliphatic hydroxyl groups excluding tert-OH is 1. The zero-order valence-electron chi connectivity index (χ0n) is 11.7. The lowest BCUT2D eigenvalue weighted by Crippen LogP contribution is -2.57. The van der Waals surface area contributed by atoms with Crippen LogP contribution in [0.3, 0.4) is 0 Å². The van der Waals surface area contributed by atoms with Crippen LogP contribution < -0.4 is 0 Å². The van der Waals surface area contributed by atoms with E-state index in [1.54, 1.807) is 6.92 Å². The Morgan fingerprint density at radius 3 is 2.61 bits per heavy atom. The number of hydrogen-bond acceptors (Lipinski definition) is 3. The summed E-state index contributed by atoms with van der Waals surface area (Å²) in [5.74, 6) is 0.952. The van der Waals surface area contributed by atoms with Crippen molar-refractivity contribution in [3.05, 3.63) is 11.6 Å². The van der Waals surface area contributed by atoms with E-state index >= 15 is 0 Å². The highest BCUT2D eigenvalue weighted by molar-refractivity contribution is 5.96. The first-order valence-corrected chi connectivity index (χ1v) is 6.87. The molecule has 0 aromatic carbocycles. The van der Waals surface area contributed by atoms with Crippen LogP contribution in [0, 0.1) is 23.7 Å². The van der Waals surface area contributed by atoms with Crippen LogP contribution >= 0.6 is 0 Å². The summed E-state index contributed by atoms with van der Waals surface area (Å²) in [5.41, 5.74) is -0.336. The SMILES string of the molecule is CC1=C[C@H]2[C@@H](C(C)C)C[C@H](O)[C@](C)(O)[C@@H]2CC1=O. The van der Waals surface area contributed by atoms with Crippen LogP contribution in [-0.2, 0) is 4.79 Å². The van der Waals surface area contributed by atoms with Gasteiger partial charge < -0.3 is 10.2 Å². The molecule has 0 heterocycles. The zero-order valence-corrected chi connectivity index (χ0v) is 11.7. The number of aliphatic hydroxyl groups is 2. The summed E-state index contributed by atoms with van der Waals surface area (Å²) < 4.78 is 0. The maximum Gasteiger partial charge on any atom is 0.158 e. The molecule has 102 valence electrons. The van der Waals surface area contributed by atoms with Gasteiger partial charge in [0.1, 0.15) is 0 Å². The van der Waals surface area contributed by atoms with Crippen LogP contribution in [0.4, 0.5) is 0 Å². The summed E-state index contributed by atoms with van der Waals surface area (Å²) in [5, 5.41) is 20.7. The van der Waals surface area contributed by atoms with Crippen molar-refractivity contribution in [2.24, 2.45) is 23.7 Å². The molecule has 1 saturated carbocycles. The number of ketones is 1. The van der Waals surface area contributed by atoms with Crippen LogP contribution in [0.25, 0.3) is 0 Å². The van der Waals surface area contributed by atoms with Gasteiger partial charge in [0.25, 0.3) is 0 Å². The van der Waals surface area contributed by atoms with Gasteiger partial charge in [-0.25, -0.2) is 0 Å². The topological polar surface area (TPSA) is 57.5 Å². The second kappa shape index (κ2) is 4.46. The van der Waals surface area contributed by atoms with Crippen LogP contribution in [0.1, 0.15) is 40.5 Å². The fourth-order valence-corrected chi connectivity index (χ4v) is 3.63. The second-order valence-electron chi connectivity index (χ2n) is 6.55. The van der Waals surface area contributed by atoms with E-state index in [9.17, 15) is 15.0 Å². The second-order valence-corrected chi connectivity index (χ2v) is 6.55. The highest BCUT2D eigenvalue weighted by atomic mass is 16.3. The Kier molecular flexibility index (Phi) is 3.41. The summed E-state index contributed by atoms with van der Waals surface area (Å²) in [6, 6.07) is 0. The van der Waals surface area contributed by atoms with Crippen LogP contribution in [-0.4, -0.2) is 27.7 Å². The van der Waals surface area contributed by atoms with Crippen molar-refractivity contribution in [1.82, 2.24) is 0 Å². The zero-order chi connectivity index (χ0) is 13.7. The molecule has 0 radical (unpaired) electrons. The summed E-state index contributed by atoms with van der Waals surface area (Å²) in [7, 11) is 0. The van der Waals surface area contributed by atoms with Gasteiger partial charge in [0, 0.05) is 12.3 Å². The monoisotopic (exact) mass is 252 g/mol. The standard InChI is InChI=1S/C15H24O3/c1-8(2)10-6-14(17)15(4,18)12-7-13(16)9(3)5-11(10)12/h5,8,10-12,14,17-18H,6-7H2,1-4H3/t10-,11+,12-,14+,15-/m1/s1. The molecule has 0 unspecified atom stereocenters. The Labute approximate surface area is 109 Å². The number of Topliss-reactive ketones (excluding diaryl/α,β-unsaturated/α-hetero) is 1. The van der Waals surface area contributed by atoms with E-state index in [-0.39, 0.29) is 17.6 Å². The number of hydrogen-bond donors (Lipinski definition) is 2. The van der Waals surface area contributed by atoms with Crippen LogP contribution in [0.15, 0.2) is 11.6 Å². The molecule has 5 atom stereocenters. The Hall–Kier alpha value is -0.670. The maximum absolute atomic E-state index is 11.9. The Morgan fingerprint density at radius 1 is 1.44 bits per heavy atom. The van der Waals surface area contributed by atoms with Gasteiger partial charge >= 0.3 is 0 Å². The van der Waals surface area contributed by atoms with Gasteiger partial charge in [-0.05, 0) is 43.6 Å². The molecule has 3 heteroatoms. The van der Waals surface area contributed by atoms with Crippen molar-refractivity contribution in [2.75, 3.05) is 0 Å². The van der Waals surface area contributed by atoms with E-state index in [1.807, 2.05) is 13.0 Å². The third kappa shape index (κ3) is 2.04. The van der Waals surface area contributed by atoms with Gasteiger partial charge in [-0.2, -0.15) is 0 Å². The van der Waals surface area contributed by atoms with E-state index < -0.39 is 11.7 Å². The molecule has 0 amide bonds. The predicted molar refractivity (Wildman–Crippen MR) is 69.9 cm³/mol. The van der Waals surface area contributed by atoms with Crippen molar-refractivity contribution in [2.45, 2.75) is 52.2 Å². The lowest BCUT2D eigenvalue weighted by atomic mass is 9.57. The van der Waals surface area contributed by atoms with Crippen molar-refractivity contribution in [3.8, 4) is 0 Å². The minimum Gasteiger partial charge on any atom is -0.390 e. The van der Waals surface area contributed by atoms with Gasteiger partial charge in [-0.15, -0.1) is 0 Å². The van der Waals surface area contributed by atoms with E-state index in [0.29, 0.717) is 24.7 Å². The summed E-state index contributed by atoms with van der Waals surface area (Å²) in [6.45, 7) is 7.82. The van der Waals surface area contributed by atoms with Crippen LogP contribution in [0.2, 0.25) is 0 Å². The Bertz CT molecular complexity index is 381. The largest absolute Gasteiger partial charge is 0.390 e. The molecular weight excluding hydrogens is 228 g/mol. The lowest BCUT2D eigenvalue weighted by Gasteiger charge is -2.51. The molecular formula is C15H24O3. The summed E-state index contributed by atoms with van der Waals surface area (Å²) in [6.07, 6.45) is 2.27. The number of allylic oxidation sites excluding steroid dienone is 2.